The number of pyridine rings is 1. The molecule has 2 rings (SSSR count). The SMILES string of the molecule is CC(C)CN1CCC([S+]([O-])c2ccc(C(N)=O)nc2)CC1. The van der Waals surface area contributed by atoms with Gasteiger partial charge in [0.1, 0.15) is 10.9 Å². The summed E-state index contributed by atoms with van der Waals surface area (Å²) in [6.45, 7) is 7.55. The van der Waals surface area contributed by atoms with E-state index in [1.807, 2.05) is 0 Å². The van der Waals surface area contributed by atoms with E-state index in [1.54, 1.807) is 12.1 Å². The van der Waals surface area contributed by atoms with E-state index < -0.39 is 17.1 Å². The number of carbonyl (C=O) groups excluding carboxylic acids is 1. The summed E-state index contributed by atoms with van der Waals surface area (Å²) >= 11 is -1.06. The molecule has 0 aromatic carbocycles. The van der Waals surface area contributed by atoms with Crippen LogP contribution in [0.4, 0.5) is 0 Å². The second-order valence-electron chi connectivity index (χ2n) is 5.93. The second kappa shape index (κ2) is 7.24. The molecular formula is C15H23N3O2S. The molecule has 0 bridgehead atoms. The first-order chi connectivity index (χ1) is 9.97. The molecule has 116 valence electrons. The number of hydrogen-bond donors (Lipinski definition) is 1. The fraction of sp³-hybridized carbons (Fsp3) is 0.600. The first kappa shape index (κ1) is 16.3. The number of likely N-dealkylation sites (tertiary alicyclic amines) is 1. The van der Waals surface area contributed by atoms with Crippen molar-refractivity contribution >= 4 is 17.1 Å². The van der Waals surface area contributed by atoms with Crippen LogP contribution in [0.3, 0.4) is 0 Å². The lowest BCUT2D eigenvalue weighted by atomic mass is 10.1. The molecular weight excluding hydrogens is 286 g/mol. The predicted molar refractivity (Wildman–Crippen MR) is 83.5 cm³/mol. The number of hydrogen-bond acceptors (Lipinski definition) is 4. The van der Waals surface area contributed by atoms with E-state index in [2.05, 4.69) is 23.7 Å². The molecule has 1 fully saturated rings. The lowest BCUT2D eigenvalue weighted by Crippen LogP contribution is -2.40. The van der Waals surface area contributed by atoms with Crippen molar-refractivity contribution in [3.05, 3.63) is 24.0 Å². The number of nitrogens with two attached hydrogens (primary N) is 1. The van der Waals surface area contributed by atoms with Crippen molar-refractivity contribution in [1.29, 1.82) is 0 Å². The van der Waals surface area contributed by atoms with Gasteiger partial charge in [-0.15, -0.1) is 0 Å². The molecule has 1 unspecified atom stereocenters. The van der Waals surface area contributed by atoms with Crippen molar-refractivity contribution in [2.45, 2.75) is 36.8 Å². The molecule has 0 radical (unpaired) electrons. The summed E-state index contributed by atoms with van der Waals surface area (Å²) in [6.07, 6.45) is 3.39. The Morgan fingerprint density at radius 3 is 2.62 bits per heavy atom. The summed E-state index contributed by atoms with van der Waals surface area (Å²) in [5.41, 5.74) is 5.37. The Morgan fingerprint density at radius 2 is 2.14 bits per heavy atom. The Labute approximate surface area is 129 Å². The summed E-state index contributed by atoms with van der Waals surface area (Å²) in [6, 6.07) is 3.24. The van der Waals surface area contributed by atoms with Gasteiger partial charge in [0, 0.05) is 32.5 Å². The Kier molecular flexibility index (Phi) is 5.61. The highest BCUT2D eigenvalue weighted by Gasteiger charge is 2.30. The van der Waals surface area contributed by atoms with Crippen LogP contribution in [0.5, 0.6) is 0 Å². The fourth-order valence-electron chi connectivity index (χ4n) is 2.66. The standard InChI is InChI=1S/C15H23N3O2S/c1-11(2)10-18-7-5-12(6-8-18)21(20)13-3-4-14(15(16)19)17-9-13/h3-4,9,11-12H,5-8,10H2,1-2H3,(H2,16,19). The van der Waals surface area contributed by atoms with Gasteiger partial charge >= 0.3 is 0 Å². The summed E-state index contributed by atoms with van der Waals surface area (Å²) in [4.78, 5) is 18.1. The zero-order chi connectivity index (χ0) is 15.4. The monoisotopic (exact) mass is 309 g/mol. The van der Waals surface area contributed by atoms with Crippen molar-refractivity contribution in [2.75, 3.05) is 19.6 Å². The van der Waals surface area contributed by atoms with Gasteiger partial charge in [-0.05, 0) is 29.2 Å². The fourth-order valence-corrected chi connectivity index (χ4v) is 4.04. The normalized spacial score (nSPS) is 18.9. The first-order valence-corrected chi connectivity index (χ1v) is 8.57. The molecule has 21 heavy (non-hydrogen) atoms. The Bertz CT molecular complexity index is 470. The van der Waals surface area contributed by atoms with Gasteiger partial charge in [0.05, 0.1) is 6.20 Å². The number of primary amides is 1. The van der Waals surface area contributed by atoms with E-state index in [1.165, 1.54) is 6.20 Å². The summed E-state index contributed by atoms with van der Waals surface area (Å²) in [7, 11) is 0. The minimum Gasteiger partial charge on any atom is -0.611 e. The minimum atomic E-state index is -1.06. The molecule has 1 aliphatic rings. The number of piperidine rings is 1. The van der Waals surface area contributed by atoms with E-state index in [0.29, 0.717) is 10.8 Å². The number of carbonyl (C=O) groups is 1. The molecule has 1 amide bonds. The minimum absolute atomic E-state index is 0.176. The van der Waals surface area contributed by atoms with Gasteiger partial charge in [0.25, 0.3) is 5.91 Å². The summed E-state index contributed by atoms with van der Waals surface area (Å²) in [5.74, 6) is 0.104. The highest BCUT2D eigenvalue weighted by molar-refractivity contribution is 7.92. The van der Waals surface area contributed by atoms with Crippen LogP contribution in [0.15, 0.2) is 23.2 Å². The summed E-state index contributed by atoms with van der Waals surface area (Å²) < 4.78 is 12.5. The quantitative estimate of drug-likeness (QED) is 0.834. The molecule has 2 heterocycles. The lowest BCUT2D eigenvalue weighted by molar-refractivity contribution is 0.0995. The van der Waals surface area contributed by atoms with Crippen molar-refractivity contribution in [3.8, 4) is 0 Å². The lowest BCUT2D eigenvalue weighted by Gasteiger charge is -2.33. The van der Waals surface area contributed by atoms with Crippen LogP contribution in [-0.2, 0) is 11.2 Å². The van der Waals surface area contributed by atoms with Crippen LogP contribution in [0.1, 0.15) is 37.2 Å². The highest BCUT2D eigenvalue weighted by Crippen LogP contribution is 2.24. The van der Waals surface area contributed by atoms with Crippen LogP contribution in [-0.4, -0.2) is 45.2 Å². The maximum absolute atomic E-state index is 12.5. The van der Waals surface area contributed by atoms with Crippen LogP contribution in [0.25, 0.3) is 0 Å². The van der Waals surface area contributed by atoms with E-state index in [9.17, 15) is 9.35 Å². The third-order valence-corrected chi connectivity index (χ3v) is 5.46. The molecule has 1 aromatic rings. The van der Waals surface area contributed by atoms with Gasteiger partial charge in [-0.1, -0.05) is 13.8 Å². The molecule has 1 atom stereocenters. The number of nitrogens with zero attached hydrogens (tertiary/aromatic N) is 2. The topological polar surface area (TPSA) is 82.3 Å². The average Bonchev–Trinajstić information content (AvgIpc) is 2.47. The van der Waals surface area contributed by atoms with Crippen LogP contribution >= 0.6 is 0 Å². The van der Waals surface area contributed by atoms with Gasteiger partial charge < -0.3 is 15.2 Å². The van der Waals surface area contributed by atoms with Crippen LogP contribution in [0, 0.1) is 5.92 Å². The highest BCUT2D eigenvalue weighted by atomic mass is 32.2. The third-order valence-electron chi connectivity index (χ3n) is 3.68. The van der Waals surface area contributed by atoms with Gasteiger partial charge in [0.2, 0.25) is 0 Å². The second-order valence-corrected chi connectivity index (χ2v) is 7.67. The third kappa shape index (κ3) is 4.43. The van der Waals surface area contributed by atoms with Crippen molar-refractivity contribution < 1.29 is 9.35 Å². The molecule has 2 N–H and O–H groups in total. The van der Waals surface area contributed by atoms with Gasteiger partial charge in [-0.2, -0.15) is 0 Å². The zero-order valence-corrected chi connectivity index (χ0v) is 13.4. The summed E-state index contributed by atoms with van der Waals surface area (Å²) in [5, 5.41) is 0.176. The van der Waals surface area contributed by atoms with Crippen molar-refractivity contribution in [1.82, 2.24) is 9.88 Å². The maximum atomic E-state index is 12.5. The van der Waals surface area contributed by atoms with Gasteiger partial charge in [-0.25, -0.2) is 4.98 Å². The Hall–Kier alpha value is -1.11. The zero-order valence-electron chi connectivity index (χ0n) is 12.6. The number of rotatable bonds is 5. The number of amides is 1. The van der Waals surface area contributed by atoms with E-state index in [4.69, 9.17) is 5.73 Å². The first-order valence-electron chi connectivity index (χ1n) is 7.36. The average molecular weight is 309 g/mol. The van der Waals surface area contributed by atoms with E-state index in [0.717, 1.165) is 32.5 Å². The molecule has 0 aliphatic carbocycles. The van der Waals surface area contributed by atoms with E-state index >= 15 is 0 Å². The van der Waals surface area contributed by atoms with Crippen LogP contribution < -0.4 is 5.73 Å². The molecule has 0 saturated carbocycles. The Balaban J connectivity index is 1.92. The molecule has 1 aliphatic heterocycles. The molecule has 0 spiro atoms. The van der Waals surface area contributed by atoms with Gasteiger partial charge in [-0.3, -0.25) is 4.79 Å². The van der Waals surface area contributed by atoms with Crippen molar-refractivity contribution in [3.63, 3.8) is 0 Å². The van der Waals surface area contributed by atoms with Crippen LogP contribution in [0.2, 0.25) is 0 Å². The van der Waals surface area contributed by atoms with Crippen molar-refractivity contribution in [2.24, 2.45) is 11.7 Å². The van der Waals surface area contributed by atoms with Gasteiger partial charge in [0.15, 0.2) is 4.90 Å². The molecule has 6 heteroatoms. The molecule has 5 nitrogen and oxygen atoms in total. The number of aromatic nitrogens is 1. The molecule has 1 aromatic heterocycles. The molecule has 1 saturated heterocycles. The largest absolute Gasteiger partial charge is 0.611 e. The Morgan fingerprint density at radius 1 is 1.48 bits per heavy atom. The smallest absolute Gasteiger partial charge is 0.267 e. The predicted octanol–water partition coefficient (Wildman–Crippen LogP) is 1.41. The van der Waals surface area contributed by atoms with E-state index in [-0.39, 0.29) is 10.9 Å². The maximum Gasteiger partial charge on any atom is 0.267 e.